The highest BCUT2D eigenvalue weighted by Crippen LogP contribution is 2.41. The Labute approximate surface area is 234 Å². The number of nitrogen functional groups attached to an aromatic ring is 1. The number of carbonyl (C=O) groups excluding carboxylic acids is 2. The van der Waals surface area contributed by atoms with Crippen LogP contribution in [0.2, 0.25) is 0 Å². The van der Waals surface area contributed by atoms with Crippen molar-refractivity contribution in [2.75, 3.05) is 9.44 Å². The van der Waals surface area contributed by atoms with Crippen molar-refractivity contribution in [3.05, 3.63) is 117 Å². The summed E-state index contributed by atoms with van der Waals surface area (Å²) in [6.07, 6.45) is 0. The third-order valence-electron chi connectivity index (χ3n) is 6.45. The lowest BCUT2D eigenvalue weighted by molar-refractivity contribution is 0.0980. The minimum atomic E-state index is -4.80. The molecule has 0 saturated carbocycles. The molecule has 0 aromatic heterocycles. The van der Waals surface area contributed by atoms with Crippen LogP contribution >= 0.6 is 15.9 Å². The zero-order valence-corrected chi connectivity index (χ0v) is 23.9. The summed E-state index contributed by atoms with van der Waals surface area (Å²) in [6.45, 7) is 3.52. The van der Waals surface area contributed by atoms with Gasteiger partial charge in [0.25, 0.3) is 20.0 Å². The van der Waals surface area contributed by atoms with Gasteiger partial charge in [-0.2, -0.15) is 3.71 Å². The van der Waals surface area contributed by atoms with Gasteiger partial charge in [0.1, 0.15) is 0 Å². The van der Waals surface area contributed by atoms with Crippen LogP contribution in [0.5, 0.6) is 0 Å². The van der Waals surface area contributed by atoms with Gasteiger partial charge in [-0.1, -0.05) is 47.5 Å². The molecule has 0 fully saturated rings. The molecular weight excluding hydrogens is 604 g/mol. The summed E-state index contributed by atoms with van der Waals surface area (Å²) in [4.78, 5) is 26.8. The van der Waals surface area contributed by atoms with Gasteiger partial charge in [-0.15, -0.1) is 0 Å². The van der Waals surface area contributed by atoms with Crippen LogP contribution in [0.4, 0.5) is 11.4 Å². The van der Waals surface area contributed by atoms with E-state index < -0.39 is 37.3 Å². The second kappa shape index (κ2) is 9.44. The number of aryl methyl sites for hydroxylation is 2. The Hall–Kier alpha value is -3.80. The first-order valence-corrected chi connectivity index (χ1v) is 15.3. The fraction of sp³-hybridized carbons (Fsp3) is 0.0714. The summed E-state index contributed by atoms with van der Waals surface area (Å²) < 4.78 is 56.9. The second-order valence-electron chi connectivity index (χ2n) is 9.07. The van der Waals surface area contributed by atoms with E-state index in [4.69, 9.17) is 5.73 Å². The van der Waals surface area contributed by atoms with Crippen molar-refractivity contribution in [3.63, 3.8) is 0 Å². The summed E-state index contributed by atoms with van der Waals surface area (Å²) in [5.41, 5.74) is 6.64. The largest absolute Gasteiger partial charge is 0.397 e. The molecule has 2 N–H and O–H groups in total. The van der Waals surface area contributed by atoms with Gasteiger partial charge < -0.3 is 5.73 Å². The van der Waals surface area contributed by atoms with Gasteiger partial charge in [0.05, 0.1) is 32.3 Å². The van der Waals surface area contributed by atoms with E-state index in [0.717, 1.165) is 11.1 Å². The minimum Gasteiger partial charge on any atom is -0.397 e. The first-order valence-electron chi connectivity index (χ1n) is 11.6. The number of fused-ring (bicyclic) bond motifs is 2. The van der Waals surface area contributed by atoms with Crippen LogP contribution in [-0.4, -0.2) is 28.4 Å². The summed E-state index contributed by atoms with van der Waals surface area (Å²) >= 11 is 3.26. The molecule has 0 unspecified atom stereocenters. The quantitative estimate of drug-likeness (QED) is 0.272. The summed E-state index contributed by atoms with van der Waals surface area (Å²) in [5.74, 6) is -1.35. The Bertz CT molecular complexity index is 1830. The van der Waals surface area contributed by atoms with Gasteiger partial charge in [0.15, 0.2) is 11.6 Å². The van der Waals surface area contributed by atoms with E-state index in [2.05, 4.69) is 15.9 Å². The molecule has 1 aliphatic rings. The lowest BCUT2D eigenvalue weighted by Gasteiger charge is -2.28. The van der Waals surface area contributed by atoms with E-state index in [9.17, 15) is 26.4 Å². The first-order chi connectivity index (χ1) is 18.4. The van der Waals surface area contributed by atoms with Crippen molar-refractivity contribution >= 4 is 58.9 Å². The van der Waals surface area contributed by atoms with E-state index in [-0.39, 0.29) is 41.4 Å². The van der Waals surface area contributed by atoms with Gasteiger partial charge in [0, 0.05) is 15.6 Å². The first kappa shape index (κ1) is 26.8. The monoisotopic (exact) mass is 624 g/mol. The molecule has 0 heterocycles. The average Bonchev–Trinajstić information content (AvgIpc) is 2.89. The third-order valence-corrected chi connectivity index (χ3v) is 11.3. The number of hydrogen-bond donors (Lipinski definition) is 1. The minimum absolute atomic E-state index is 0.0339. The standard InChI is InChI=1S/C28H21BrN2O6S2/c1-16-6-10-18(11-7-16)38(34,35)31(39(36,37)19-12-8-17(2)9-13-19)23-5-3-4-20-24(23)27(32)21-14-15-22(29)26(30)25(21)28(20)33/h3-15H,30H2,1-2H3. The van der Waals surface area contributed by atoms with Crippen LogP contribution in [0.15, 0.2) is 93.1 Å². The zero-order chi connectivity index (χ0) is 28.3. The maximum atomic E-state index is 14.1. The summed E-state index contributed by atoms with van der Waals surface area (Å²) in [7, 11) is -9.61. The van der Waals surface area contributed by atoms with Gasteiger partial charge in [-0.05, 0) is 72.2 Å². The number of nitrogens with two attached hydrogens (primary N) is 1. The predicted octanol–water partition coefficient (Wildman–Crippen LogP) is 5.01. The third kappa shape index (κ3) is 4.26. The van der Waals surface area contributed by atoms with Crippen LogP contribution < -0.4 is 9.44 Å². The van der Waals surface area contributed by atoms with Crippen LogP contribution in [0, 0.1) is 13.8 Å². The molecule has 0 atom stereocenters. The van der Waals surface area contributed by atoms with Gasteiger partial charge in [0.2, 0.25) is 0 Å². The van der Waals surface area contributed by atoms with Crippen LogP contribution in [0.25, 0.3) is 0 Å². The molecule has 0 aliphatic heterocycles. The lowest BCUT2D eigenvalue weighted by Crippen LogP contribution is -2.39. The molecule has 0 radical (unpaired) electrons. The number of anilines is 2. The average molecular weight is 626 g/mol. The molecule has 5 rings (SSSR count). The van der Waals surface area contributed by atoms with E-state index in [1.54, 1.807) is 13.8 Å². The maximum Gasteiger partial charge on any atom is 0.277 e. The number of carbonyl (C=O) groups is 2. The number of ketones is 2. The van der Waals surface area contributed by atoms with E-state index in [1.807, 2.05) is 0 Å². The van der Waals surface area contributed by atoms with Crippen molar-refractivity contribution in [2.24, 2.45) is 0 Å². The molecule has 0 spiro atoms. The van der Waals surface area contributed by atoms with E-state index in [1.165, 1.54) is 78.9 Å². The molecule has 198 valence electrons. The van der Waals surface area contributed by atoms with Crippen molar-refractivity contribution in [1.29, 1.82) is 0 Å². The number of halogens is 1. The van der Waals surface area contributed by atoms with Crippen LogP contribution in [0.1, 0.15) is 43.0 Å². The highest BCUT2D eigenvalue weighted by molar-refractivity contribution is 9.10. The molecule has 8 nitrogen and oxygen atoms in total. The normalized spacial score (nSPS) is 13.1. The highest BCUT2D eigenvalue weighted by Gasteiger charge is 2.42. The van der Waals surface area contributed by atoms with Crippen LogP contribution in [-0.2, 0) is 20.0 Å². The van der Waals surface area contributed by atoms with Gasteiger partial charge in [-0.25, -0.2) is 16.8 Å². The van der Waals surface area contributed by atoms with Gasteiger partial charge >= 0.3 is 0 Å². The fourth-order valence-corrected chi connectivity index (χ4v) is 8.46. The molecule has 0 bridgehead atoms. The van der Waals surface area contributed by atoms with E-state index in [0.29, 0.717) is 4.47 Å². The molecule has 11 heteroatoms. The highest BCUT2D eigenvalue weighted by atomic mass is 79.9. The molecule has 4 aromatic rings. The Morgan fingerprint density at radius 3 is 1.62 bits per heavy atom. The fourth-order valence-electron chi connectivity index (χ4n) is 4.42. The Balaban J connectivity index is 1.83. The topological polar surface area (TPSA) is 132 Å². The van der Waals surface area contributed by atoms with E-state index >= 15 is 0 Å². The number of hydrogen-bond acceptors (Lipinski definition) is 7. The molecule has 39 heavy (non-hydrogen) atoms. The Morgan fingerprint density at radius 1 is 0.641 bits per heavy atom. The number of benzene rings is 4. The number of sulfonamides is 2. The molecule has 4 aromatic carbocycles. The molecular formula is C28H21BrN2O6S2. The Kier molecular flexibility index (Phi) is 6.48. The molecule has 0 saturated heterocycles. The van der Waals surface area contributed by atoms with Crippen molar-refractivity contribution in [3.8, 4) is 0 Å². The van der Waals surface area contributed by atoms with Crippen LogP contribution in [0.3, 0.4) is 0 Å². The lowest BCUT2D eigenvalue weighted by atomic mass is 9.82. The number of rotatable bonds is 5. The molecule has 0 amide bonds. The summed E-state index contributed by atoms with van der Waals surface area (Å²) in [5, 5.41) is 0. The Morgan fingerprint density at radius 2 is 1.10 bits per heavy atom. The van der Waals surface area contributed by atoms with Crippen molar-refractivity contribution in [1.82, 2.24) is 0 Å². The van der Waals surface area contributed by atoms with Gasteiger partial charge in [-0.3, -0.25) is 9.59 Å². The molecule has 1 aliphatic carbocycles. The zero-order valence-electron chi connectivity index (χ0n) is 20.7. The maximum absolute atomic E-state index is 14.1. The predicted molar refractivity (Wildman–Crippen MR) is 151 cm³/mol. The SMILES string of the molecule is Cc1ccc(S(=O)(=O)N(c2cccc3c2C(=O)c2ccc(Br)c(N)c2C3=O)S(=O)(=O)c2ccc(C)cc2)cc1. The number of nitrogens with zero attached hydrogens (tertiary/aromatic N) is 1. The second-order valence-corrected chi connectivity index (χ2v) is 13.7. The summed E-state index contributed by atoms with van der Waals surface area (Å²) in [6, 6.07) is 18.1. The van der Waals surface area contributed by atoms with Crippen molar-refractivity contribution in [2.45, 2.75) is 23.6 Å². The van der Waals surface area contributed by atoms with Crippen molar-refractivity contribution < 1.29 is 26.4 Å². The smallest absolute Gasteiger partial charge is 0.277 e.